The summed E-state index contributed by atoms with van der Waals surface area (Å²) in [7, 11) is 1.46. The Balaban J connectivity index is 2.30. The Morgan fingerprint density at radius 2 is 2.21 bits per heavy atom. The van der Waals surface area contributed by atoms with Gasteiger partial charge in [-0.2, -0.15) is 0 Å². The topological polar surface area (TPSA) is 90.1 Å². The van der Waals surface area contributed by atoms with Gasteiger partial charge in [0.1, 0.15) is 16.5 Å². The Morgan fingerprint density at radius 1 is 1.42 bits per heavy atom. The van der Waals surface area contributed by atoms with E-state index in [1.54, 1.807) is 18.2 Å². The minimum atomic E-state index is -0.461. The fourth-order valence-electron chi connectivity index (χ4n) is 1.52. The van der Waals surface area contributed by atoms with E-state index in [9.17, 15) is 4.79 Å². The quantitative estimate of drug-likeness (QED) is 0.662. The van der Waals surface area contributed by atoms with Gasteiger partial charge in [0.2, 0.25) is 5.95 Å². The molecule has 0 atom stereocenters. The molecule has 1 heterocycles. The van der Waals surface area contributed by atoms with Crippen molar-refractivity contribution in [1.29, 1.82) is 0 Å². The van der Waals surface area contributed by atoms with Gasteiger partial charge in [-0.05, 0) is 18.2 Å². The number of carbonyl (C=O) groups excluding carboxylic acids is 1. The molecule has 2 rings (SSSR count). The summed E-state index contributed by atoms with van der Waals surface area (Å²) in [4.78, 5) is 19.9. The standard InChI is InChI=1S/C12H11ClN4O2/c1-19-8-4-2-3-7(14)10(8)11(18)17-12-15-6-5-9(13)16-12/h2-6H,14H2,1H3,(H,15,16,17,18). The summed E-state index contributed by atoms with van der Waals surface area (Å²) in [6.45, 7) is 0. The van der Waals surface area contributed by atoms with E-state index in [2.05, 4.69) is 15.3 Å². The van der Waals surface area contributed by atoms with Gasteiger partial charge >= 0.3 is 0 Å². The number of methoxy groups -OCH3 is 1. The number of rotatable bonds is 3. The molecule has 0 radical (unpaired) electrons. The van der Waals surface area contributed by atoms with E-state index in [-0.39, 0.29) is 16.7 Å². The molecule has 0 saturated heterocycles. The molecule has 2 aromatic rings. The van der Waals surface area contributed by atoms with E-state index < -0.39 is 5.91 Å². The van der Waals surface area contributed by atoms with Crippen LogP contribution in [0.3, 0.4) is 0 Å². The summed E-state index contributed by atoms with van der Waals surface area (Å²) in [5, 5.41) is 2.74. The van der Waals surface area contributed by atoms with E-state index in [4.69, 9.17) is 22.1 Å². The number of anilines is 2. The molecule has 1 amide bonds. The monoisotopic (exact) mass is 278 g/mol. The second kappa shape index (κ2) is 5.53. The van der Waals surface area contributed by atoms with Crippen LogP contribution in [0.5, 0.6) is 5.75 Å². The fraction of sp³-hybridized carbons (Fsp3) is 0.0833. The molecule has 1 aromatic carbocycles. The van der Waals surface area contributed by atoms with Gasteiger partial charge in [-0.15, -0.1) is 0 Å². The van der Waals surface area contributed by atoms with E-state index in [1.807, 2.05) is 0 Å². The van der Waals surface area contributed by atoms with Gasteiger partial charge in [-0.1, -0.05) is 17.7 Å². The number of halogens is 1. The number of nitrogen functional groups attached to an aromatic ring is 1. The minimum absolute atomic E-state index is 0.0998. The lowest BCUT2D eigenvalue weighted by Gasteiger charge is -2.10. The van der Waals surface area contributed by atoms with Crippen LogP contribution < -0.4 is 15.8 Å². The third-order valence-electron chi connectivity index (χ3n) is 2.35. The highest BCUT2D eigenvalue weighted by atomic mass is 35.5. The average molecular weight is 279 g/mol. The lowest BCUT2D eigenvalue weighted by molar-refractivity contribution is 0.102. The number of aromatic nitrogens is 2. The van der Waals surface area contributed by atoms with Crippen molar-refractivity contribution in [1.82, 2.24) is 9.97 Å². The molecular weight excluding hydrogens is 268 g/mol. The molecule has 0 aliphatic rings. The Kier molecular flexibility index (Phi) is 3.82. The van der Waals surface area contributed by atoms with Crippen molar-refractivity contribution >= 4 is 29.1 Å². The van der Waals surface area contributed by atoms with Crippen LogP contribution in [0.4, 0.5) is 11.6 Å². The normalized spacial score (nSPS) is 10.0. The zero-order chi connectivity index (χ0) is 13.8. The van der Waals surface area contributed by atoms with Crippen LogP contribution in [-0.2, 0) is 0 Å². The molecule has 1 aromatic heterocycles. The Labute approximate surface area is 114 Å². The molecule has 0 fully saturated rings. The van der Waals surface area contributed by atoms with Crippen molar-refractivity contribution < 1.29 is 9.53 Å². The molecule has 6 nitrogen and oxygen atoms in total. The summed E-state index contributed by atoms with van der Waals surface area (Å²) in [5.41, 5.74) is 6.31. The van der Waals surface area contributed by atoms with Gasteiger partial charge in [0.15, 0.2) is 0 Å². The molecule has 0 aliphatic carbocycles. The number of ether oxygens (including phenoxy) is 1. The van der Waals surface area contributed by atoms with Crippen molar-refractivity contribution in [3.05, 3.63) is 41.2 Å². The van der Waals surface area contributed by atoms with Crippen LogP contribution in [0, 0.1) is 0 Å². The predicted molar refractivity (Wildman–Crippen MR) is 72.4 cm³/mol. The zero-order valence-electron chi connectivity index (χ0n) is 10.1. The molecule has 19 heavy (non-hydrogen) atoms. The third-order valence-corrected chi connectivity index (χ3v) is 2.56. The number of nitrogens with one attached hydrogen (secondary N) is 1. The van der Waals surface area contributed by atoms with Gasteiger partial charge in [-0.25, -0.2) is 9.97 Å². The van der Waals surface area contributed by atoms with Crippen LogP contribution >= 0.6 is 11.6 Å². The Hall–Kier alpha value is -2.34. The van der Waals surface area contributed by atoms with Crippen LogP contribution in [-0.4, -0.2) is 23.0 Å². The first kappa shape index (κ1) is 13.1. The van der Waals surface area contributed by atoms with E-state index >= 15 is 0 Å². The van der Waals surface area contributed by atoms with Gasteiger partial charge in [0.05, 0.1) is 7.11 Å². The minimum Gasteiger partial charge on any atom is -0.496 e. The molecular formula is C12H11ClN4O2. The van der Waals surface area contributed by atoms with E-state index in [1.165, 1.54) is 19.4 Å². The number of carbonyl (C=O) groups is 1. The number of benzene rings is 1. The van der Waals surface area contributed by atoms with Gasteiger partial charge in [0, 0.05) is 11.9 Å². The van der Waals surface area contributed by atoms with Crippen molar-refractivity contribution in [3.8, 4) is 5.75 Å². The molecule has 3 N–H and O–H groups in total. The van der Waals surface area contributed by atoms with Gasteiger partial charge in [0.25, 0.3) is 5.91 Å². The largest absolute Gasteiger partial charge is 0.496 e. The van der Waals surface area contributed by atoms with E-state index in [0.717, 1.165) is 0 Å². The summed E-state index contributed by atoms with van der Waals surface area (Å²) < 4.78 is 5.10. The lowest BCUT2D eigenvalue weighted by Crippen LogP contribution is -2.17. The van der Waals surface area contributed by atoms with Crippen molar-refractivity contribution in [3.63, 3.8) is 0 Å². The summed E-state index contributed by atoms with van der Waals surface area (Å²) >= 11 is 5.71. The second-order valence-electron chi connectivity index (χ2n) is 3.58. The van der Waals surface area contributed by atoms with E-state index in [0.29, 0.717) is 11.4 Å². The average Bonchev–Trinajstić information content (AvgIpc) is 2.38. The summed E-state index contributed by atoms with van der Waals surface area (Å²) in [6, 6.07) is 6.45. The molecule has 0 saturated carbocycles. The smallest absolute Gasteiger partial charge is 0.263 e. The van der Waals surface area contributed by atoms with Crippen LogP contribution in [0.15, 0.2) is 30.5 Å². The predicted octanol–water partition coefficient (Wildman–Crippen LogP) is 1.97. The maximum absolute atomic E-state index is 12.1. The van der Waals surface area contributed by atoms with Gasteiger partial charge in [-0.3, -0.25) is 10.1 Å². The highest BCUT2D eigenvalue weighted by Gasteiger charge is 2.16. The molecule has 7 heteroatoms. The number of nitrogens with two attached hydrogens (primary N) is 1. The lowest BCUT2D eigenvalue weighted by atomic mass is 10.1. The highest BCUT2D eigenvalue weighted by molar-refractivity contribution is 6.29. The molecule has 0 aliphatic heterocycles. The first-order chi connectivity index (χ1) is 9.11. The first-order valence-corrected chi connectivity index (χ1v) is 5.72. The highest BCUT2D eigenvalue weighted by Crippen LogP contribution is 2.24. The molecule has 0 unspecified atom stereocenters. The van der Waals surface area contributed by atoms with Crippen LogP contribution in [0.25, 0.3) is 0 Å². The van der Waals surface area contributed by atoms with Gasteiger partial charge < -0.3 is 10.5 Å². The number of hydrogen-bond donors (Lipinski definition) is 2. The van der Waals surface area contributed by atoms with Crippen molar-refractivity contribution in [2.45, 2.75) is 0 Å². The third kappa shape index (κ3) is 2.92. The fourth-order valence-corrected chi connectivity index (χ4v) is 1.66. The number of hydrogen-bond acceptors (Lipinski definition) is 5. The number of amides is 1. The Bertz CT molecular complexity index is 618. The maximum atomic E-state index is 12.1. The van der Waals surface area contributed by atoms with Crippen LogP contribution in [0.1, 0.15) is 10.4 Å². The number of nitrogens with zero attached hydrogens (tertiary/aromatic N) is 2. The maximum Gasteiger partial charge on any atom is 0.263 e. The second-order valence-corrected chi connectivity index (χ2v) is 3.97. The van der Waals surface area contributed by atoms with Crippen LogP contribution in [0.2, 0.25) is 5.15 Å². The first-order valence-electron chi connectivity index (χ1n) is 5.34. The molecule has 0 bridgehead atoms. The van der Waals surface area contributed by atoms with Crippen molar-refractivity contribution in [2.75, 3.05) is 18.2 Å². The Morgan fingerprint density at radius 3 is 2.89 bits per heavy atom. The summed E-state index contributed by atoms with van der Waals surface area (Å²) in [6.07, 6.45) is 1.44. The van der Waals surface area contributed by atoms with Crippen molar-refractivity contribution in [2.24, 2.45) is 0 Å². The zero-order valence-corrected chi connectivity index (χ0v) is 10.8. The summed E-state index contributed by atoms with van der Waals surface area (Å²) in [5.74, 6) is 0.0135. The molecule has 98 valence electrons. The SMILES string of the molecule is COc1cccc(N)c1C(=O)Nc1nccc(Cl)n1. The molecule has 0 spiro atoms.